The molecule has 0 aromatic heterocycles. The summed E-state index contributed by atoms with van der Waals surface area (Å²) in [7, 11) is 0. The standard InChI is InChI=1S/C12H13N/c1-13-9-8-11-5-2-4-10-6-3-7-12(10)11/h2,4-5H,3,6-9H2. The summed E-state index contributed by atoms with van der Waals surface area (Å²) < 4.78 is 0. The minimum atomic E-state index is 0.635. The fraction of sp³-hybridized carbons (Fsp3) is 0.417. The molecule has 0 heterocycles. The van der Waals surface area contributed by atoms with E-state index in [1.54, 1.807) is 0 Å². The molecule has 0 amide bonds. The van der Waals surface area contributed by atoms with E-state index in [0.717, 1.165) is 6.42 Å². The minimum Gasteiger partial charge on any atom is -0.317 e. The Morgan fingerprint density at radius 3 is 3.08 bits per heavy atom. The Morgan fingerprint density at radius 1 is 1.31 bits per heavy atom. The molecule has 1 aliphatic rings. The van der Waals surface area contributed by atoms with Crippen LogP contribution in [-0.2, 0) is 19.3 Å². The second-order valence-corrected chi connectivity index (χ2v) is 3.54. The van der Waals surface area contributed by atoms with Gasteiger partial charge in [-0.25, -0.2) is 6.57 Å². The van der Waals surface area contributed by atoms with Crippen molar-refractivity contribution >= 4 is 0 Å². The highest BCUT2D eigenvalue weighted by Gasteiger charge is 2.13. The number of fused-ring (bicyclic) bond motifs is 1. The van der Waals surface area contributed by atoms with E-state index >= 15 is 0 Å². The summed E-state index contributed by atoms with van der Waals surface area (Å²) >= 11 is 0. The quantitative estimate of drug-likeness (QED) is 0.602. The highest BCUT2D eigenvalue weighted by atomic mass is 14.6. The summed E-state index contributed by atoms with van der Waals surface area (Å²) in [4.78, 5) is 3.41. The maximum absolute atomic E-state index is 6.77. The first-order chi connectivity index (χ1) is 6.42. The molecule has 1 nitrogen and oxygen atoms in total. The molecule has 0 N–H and O–H groups in total. The van der Waals surface area contributed by atoms with Crippen LogP contribution >= 0.6 is 0 Å². The van der Waals surface area contributed by atoms with Gasteiger partial charge in [-0.3, -0.25) is 0 Å². The maximum atomic E-state index is 6.77. The Labute approximate surface area is 79.2 Å². The van der Waals surface area contributed by atoms with Crippen molar-refractivity contribution in [2.45, 2.75) is 25.7 Å². The van der Waals surface area contributed by atoms with E-state index in [9.17, 15) is 0 Å². The second kappa shape index (κ2) is 3.62. The first-order valence-corrected chi connectivity index (χ1v) is 4.84. The van der Waals surface area contributed by atoms with Crippen LogP contribution in [-0.4, -0.2) is 6.54 Å². The van der Waals surface area contributed by atoms with Crippen LogP contribution in [0.15, 0.2) is 18.2 Å². The summed E-state index contributed by atoms with van der Waals surface area (Å²) in [6.07, 6.45) is 4.70. The van der Waals surface area contributed by atoms with Crippen molar-refractivity contribution in [1.29, 1.82) is 0 Å². The first-order valence-electron chi connectivity index (χ1n) is 4.84. The highest BCUT2D eigenvalue weighted by molar-refractivity contribution is 5.38. The number of rotatable bonds is 2. The van der Waals surface area contributed by atoms with Crippen molar-refractivity contribution in [2.24, 2.45) is 0 Å². The van der Waals surface area contributed by atoms with E-state index in [2.05, 4.69) is 23.0 Å². The van der Waals surface area contributed by atoms with Crippen LogP contribution in [0.1, 0.15) is 23.1 Å². The number of nitrogens with zero attached hydrogens (tertiary/aromatic N) is 1. The van der Waals surface area contributed by atoms with Crippen molar-refractivity contribution in [3.8, 4) is 0 Å². The molecule has 0 saturated heterocycles. The third kappa shape index (κ3) is 1.58. The van der Waals surface area contributed by atoms with Crippen LogP contribution in [0.2, 0.25) is 0 Å². The van der Waals surface area contributed by atoms with Gasteiger partial charge in [0.1, 0.15) is 0 Å². The number of hydrogen-bond donors (Lipinski definition) is 0. The van der Waals surface area contributed by atoms with E-state index < -0.39 is 0 Å². The lowest BCUT2D eigenvalue weighted by Crippen LogP contribution is -1.94. The van der Waals surface area contributed by atoms with Crippen molar-refractivity contribution in [1.82, 2.24) is 0 Å². The molecule has 2 rings (SSSR count). The van der Waals surface area contributed by atoms with Crippen LogP contribution in [0.25, 0.3) is 4.85 Å². The van der Waals surface area contributed by atoms with E-state index in [4.69, 9.17) is 6.57 Å². The monoisotopic (exact) mass is 171 g/mol. The van der Waals surface area contributed by atoms with E-state index in [-0.39, 0.29) is 0 Å². The van der Waals surface area contributed by atoms with E-state index in [1.807, 2.05) is 0 Å². The van der Waals surface area contributed by atoms with Crippen molar-refractivity contribution < 1.29 is 0 Å². The van der Waals surface area contributed by atoms with Gasteiger partial charge in [0.15, 0.2) is 0 Å². The molecule has 0 saturated carbocycles. The molecule has 0 atom stereocenters. The zero-order valence-corrected chi connectivity index (χ0v) is 7.71. The van der Waals surface area contributed by atoms with Crippen LogP contribution in [0.3, 0.4) is 0 Å². The Kier molecular flexibility index (Phi) is 2.31. The Bertz CT molecular complexity index is 347. The van der Waals surface area contributed by atoms with Crippen molar-refractivity contribution in [3.05, 3.63) is 46.3 Å². The first kappa shape index (κ1) is 8.31. The van der Waals surface area contributed by atoms with Crippen molar-refractivity contribution in [3.63, 3.8) is 0 Å². The minimum absolute atomic E-state index is 0.635. The lowest BCUT2D eigenvalue weighted by molar-refractivity contribution is 0.903. The zero-order chi connectivity index (χ0) is 9.10. The van der Waals surface area contributed by atoms with Crippen LogP contribution in [0.4, 0.5) is 0 Å². The Hall–Kier alpha value is -1.29. The molecule has 0 spiro atoms. The maximum Gasteiger partial charge on any atom is 0.218 e. The molecule has 1 aromatic rings. The molecular weight excluding hydrogens is 158 g/mol. The van der Waals surface area contributed by atoms with Gasteiger partial charge in [0, 0.05) is 6.42 Å². The largest absolute Gasteiger partial charge is 0.317 e. The van der Waals surface area contributed by atoms with Gasteiger partial charge in [0.2, 0.25) is 6.54 Å². The SMILES string of the molecule is [C-]#[N+]CCc1cccc2c1CCC2. The summed E-state index contributed by atoms with van der Waals surface area (Å²) in [6.45, 7) is 7.41. The Morgan fingerprint density at radius 2 is 2.23 bits per heavy atom. The average molecular weight is 171 g/mol. The van der Waals surface area contributed by atoms with Crippen LogP contribution in [0.5, 0.6) is 0 Å². The van der Waals surface area contributed by atoms with Gasteiger partial charge in [-0.15, -0.1) is 0 Å². The summed E-state index contributed by atoms with van der Waals surface area (Å²) in [5, 5.41) is 0. The van der Waals surface area contributed by atoms with Gasteiger partial charge in [-0.1, -0.05) is 18.2 Å². The van der Waals surface area contributed by atoms with Gasteiger partial charge in [0.05, 0.1) is 0 Å². The molecule has 13 heavy (non-hydrogen) atoms. The molecule has 0 aliphatic heterocycles. The van der Waals surface area contributed by atoms with Gasteiger partial charge >= 0.3 is 0 Å². The second-order valence-electron chi connectivity index (χ2n) is 3.54. The lowest BCUT2D eigenvalue weighted by Gasteiger charge is -2.04. The molecule has 1 heteroatoms. The Balaban J connectivity index is 2.26. The molecule has 1 aliphatic carbocycles. The summed E-state index contributed by atoms with van der Waals surface area (Å²) in [6, 6.07) is 6.53. The third-order valence-electron chi connectivity index (χ3n) is 2.74. The highest BCUT2D eigenvalue weighted by Crippen LogP contribution is 2.25. The topological polar surface area (TPSA) is 4.36 Å². The molecular formula is C12H13N. The fourth-order valence-electron chi connectivity index (χ4n) is 2.11. The molecule has 0 fully saturated rings. The smallest absolute Gasteiger partial charge is 0.218 e. The summed E-state index contributed by atoms with van der Waals surface area (Å²) in [5.41, 5.74) is 4.46. The molecule has 0 radical (unpaired) electrons. The summed E-state index contributed by atoms with van der Waals surface area (Å²) in [5.74, 6) is 0. The van der Waals surface area contributed by atoms with Gasteiger partial charge in [-0.05, 0) is 36.0 Å². The van der Waals surface area contributed by atoms with E-state index in [0.29, 0.717) is 6.54 Å². The lowest BCUT2D eigenvalue weighted by atomic mass is 10.0. The number of hydrogen-bond acceptors (Lipinski definition) is 0. The molecule has 0 unspecified atom stereocenters. The average Bonchev–Trinajstić information content (AvgIpc) is 2.62. The predicted octanol–water partition coefficient (Wildman–Crippen LogP) is 2.64. The van der Waals surface area contributed by atoms with E-state index in [1.165, 1.54) is 36.0 Å². The van der Waals surface area contributed by atoms with Gasteiger partial charge < -0.3 is 4.85 Å². The van der Waals surface area contributed by atoms with Crippen molar-refractivity contribution in [2.75, 3.05) is 6.54 Å². The zero-order valence-electron chi connectivity index (χ0n) is 7.71. The fourth-order valence-corrected chi connectivity index (χ4v) is 2.11. The molecule has 66 valence electrons. The van der Waals surface area contributed by atoms with Crippen LogP contribution < -0.4 is 0 Å². The molecule has 0 bridgehead atoms. The van der Waals surface area contributed by atoms with Crippen LogP contribution in [0, 0.1) is 6.57 Å². The van der Waals surface area contributed by atoms with Gasteiger partial charge in [0.25, 0.3) is 0 Å². The number of aryl methyl sites for hydroxylation is 1. The predicted molar refractivity (Wildman–Crippen MR) is 53.6 cm³/mol. The molecule has 1 aromatic carbocycles. The van der Waals surface area contributed by atoms with Gasteiger partial charge in [-0.2, -0.15) is 0 Å². The number of benzene rings is 1. The third-order valence-corrected chi connectivity index (χ3v) is 2.74. The normalized spacial score (nSPS) is 13.8.